The van der Waals surface area contributed by atoms with Gasteiger partial charge in [0.2, 0.25) is 0 Å². The number of benzene rings is 1. The lowest BCUT2D eigenvalue weighted by Crippen LogP contribution is -2.25. The maximum atomic E-state index is 12.3. The number of carbonyl (C=O) groups excluding carboxylic acids is 1. The summed E-state index contributed by atoms with van der Waals surface area (Å²) in [5.41, 5.74) is 2.69. The highest BCUT2D eigenvalue weighted by molar-refractivity contribution is 5.99. The summed E-state index contributed by atoms with van der Waals surface area (Å²) in [6.07, 6.45) is 2.58. The third-order valence-corrected chi connectivity index (χ3v) is 3.89. The third kappa shape index (κ3) is 3.91. The van der Waals surface area contributed by atoms with Gasteiger partial charge in [-0.15, -0.1) is 0 Å². The molecule has 0 aliphatic carbocycles. The van der Waals surface area contributed by atoms with Gasteiger partial charge in [-0.1, -0.05) is 20.8 Å². The van der Waals surface area contributed by atoms with Crippen LogP contribution in [0.2, 0.25) is 0 Å². The molecule has 0 bridgehead atoms. The third-order valence-electron chi connectivity index (χ3n) is 3.89. The zero-order valence-electron chi connectivity index (χ0n) is 13.3. The largest absolute Gasteiger partial charge is 0.342 e. The maximum absolute atomic E-state index is 12.3. The molecule has 1 aromatic carbocycles. The summed E-state index contributed by atoms with van der Waals surface area (Å²) in [5, 5.41) is 0. The molecule has 0 saturated heterocycles. The summed E-state index contributed by atoms with van der Waals surface area (Å²) in [7, 11) is 0. The number of carbonyl (C=O) groups is 1. The van der Waals surface area contributed by atoms with Gasteiger partial charge in [-0.3, -0.25) is 4.79 Å². The number of nitrogens with zero attached hydrogens (tertiary/aromatic N) is 2. The van der Waals surface area contributed by atoms with E-state index in [1.165, 1.54) is 0 Å². The van der Waals surface area contributed by atoms with Crippen LogP contribution in [0.5, 0.6) is 0 Å². The van der Waals surface area contributed by atoms with E-state index >= 15 is 0 Å². The monoisotopic (exact) mass is 287 g/mol. The van der Waals surface area contributed by atoms with E-state index in [4.69, 9.17) is 0 Å². The number of aryl methyl sites for hydroxylation is 1. The Bertz CT molecular complexity index is 599. The molecular formula is C17H25N3O. The van der Waals surface area contributed by atoms with Crippen molar-refractivity contribution < 1.29 is 4.79 Å². The highest BCUT2D eigenvalue weighted by Gasteiger charge is 2.10. The first-order valence-corrected chi connectivity index (χ1v) is 7.92. The zero-order valence-corrected chi connectivity index (χ0v) is 13.3. The van der Waals surface area contributed by atoms with Crippen molar-refractivity contribution in [2.75, 3.05) is 19.6 Å². The number of Topliss-reactive ketones (excluding diaryl/α,β-unsaturated/α-hetero) is 1. The summed E-state index contributed by atoms with van der Waals surface area (Å²) in [5.74, 6) is 1.20. The average Bonchev–Trinajstić information content (AvgIpc) is 2.89. The van der Waals surface area contributed by atoms with Gasteiger partial charge in [0.25, 0.3) is 0 Å². The van der Waals surface area contributed by atoms with Crippen molar-refractivity contribution in [3.63, 3.8) is 0 Å². The molecule has 0 saturated carbocycles. The summed E-state index contributed by atoms with van der Waals surface area (Å²) in [6.45, 7) is 9.19. The van der Waals surface area contributed by atoms with E-state index in [0.29, 0.717) is 6.42 Å². The van der Waals surface area contributed by atoms with E-state index < -0.39 is 0 Å². The first-order chi connectivity index (χ1) is 10.2. The Hall–Kier alpha value is -1.68. The van der Waals surface area contributed by atoms with Crippen LogP contribution in [0.1, 0.15) is 49.8 Å². The Labute approximate surface area is 126 Å². The van der Waals surface area contributed by atoms with Gasteiger partial charge in [-0.05, 0) is 37.7 Å². The average molecular weight is 287 g/mol. The molecule has 0 radical (unpaired) electrons. The fraction of sp³-hybridized carbons (Fsp3) is 0.529. The highest BCUT2D eigenvalue weighted by atomic mass is 16.1. The molecule has 0 spiro atoms. The second-order valence-electron chi connectivity index (χ2n) is 5.37. The first kappa shape index (κ1) is 15.7. The van der Waals surface area contributed by atoms with Crippen LogP contribution in [0.15, 0.2) is 18.2 Å². The van der Waals surface area contributed by atoms with Gasteiger partial charge in [-0.2, -0.15) is 0 Å². The summed E-state index contributed by atoms with van der Waals surface area (Å²) in [6, 6.07) is 5.77. The normalized spacial score (nSPS) is 11.4. The molecule has 0 unspecified atom stereocenters. The van der Waals surface area contributed by atoms with Crippen LogP contribution < -0.4 is 0 Å². The Morgan fingerprint density at radius 1 is 1.24 bits per heavy atom. The second kappa shape index (κ2) is 7.36. The number of nitrogens with one attached hydrogen (secondary N) is 1. The fourth-order valence-electron chi connectivity index (χ4n) is 2.53. The zero-order chi connectivity index (χ0) is 15.2. The molecule has 4 heteroatoms. The SMILES string of the molecule is CCCc1nc2ccc(C(=O)CCN(CC)CC)cc2[nH]1. The molecule has 0 aliphatic heterocycles. The van der Waals surface area contributed by atoms with E-state index in [2.05, 4.69) is 35.6 Å². The molecule has 1 aromatic heterocycles. The van der Waals surface area contributed by atoms with Crippen molar-refractivity contribution in [2.24, 2.45) is 0 Å². The van der Waals surface area contributed by atoms with Gasteiger partial charge in [0.15, 0.2) is 5.78 Å². The predicted octanol–water partition coefficient (Wildman–Crippen LogP) is 3.43. The Kier molecular flexibility index (Phi) is 5.51. The first-order valence-electron chi connectivity index (χ1n) is 7.92. The number of fused-ring (bicyclic) bond motifs is 1. The van der Waals surface area contributed by atoms with E-state index in [9.17, 15) is 4.79 Å². The number of hydrogen-bond donors (Lipinski definition) is 1. The lowest BCUT2D eigenvalue weighted by atomic mass is 10.1. The smallest absolute Gasteiger partial charge is 0.164 e. The molecule has 4 nitrogen and oxygen atoms in total. The Morgan fingerprint density at radius 2 is 2.00 bits per heavy atom. The van der Waals surface area contributed by atoms with Crippen molar-refractivity contribution in [1.82, 2.24) is 14.9 Å². The molecular weight excluding hydrogens is 262 g/mol. The van der Waals surface area contributed by atoms with Gasteiger partial charge < -0.3 is 9.88 Å². The fourth-order valence-corrected chi connectivity index (χ4v) is 2.53. The highest BCUT2D eigenvalue weighted by Crippen LogP contribution is 2.16. The lowest BCUT2D eigenvalue weighted by molar-refractivity contribution is 0.0966. The van der Waals surface area contributed by atoms with Gasteiger partial charge in [0.05, 0.1) is 11.0 Å². The second-order valence-corrected chi connectivity index (χ2v) is 5.37. The molecule has 0 fully saturated rings. The molecule has 114 valence electrons. The van der Waals surface area contributed by atoms with Crippen molar-refractivity contribution in [2.45, 2.75) is 40.0 Å². The summed E-state index contributed by atoms with van der Waals surface area (Å²) in [4.78, 5) is 22.4. The van der Waals surface area contributed by atoms with Gasteiger partial charge >= 0.3 is 0 Å². The predicted molar refractivity (Wildman–Crippen MR) is 86.8 cm³/mol. The number of rotatable bonds is 8. The van der Waals surface area contributed by atoms with Crippen molar-refractivity contribution in [3.05, 3.63) is 29.6 Å². The van der Waals surface area contributed by atoms with Crippen LogP contribution in [0.4, 0.5) is 0 Å². The minimum absolute atomic E-state index is 0.204. The van der Waals surface area contributed by atoms with E-state index in [-0.39, 0.29) is 5.78 Å². The van der Waals surface area contributed by atoms with E-state index in [1.807, 2.05) is 18.2 Å². The van der Waals surface area contributed by atoms with Crippen molar-refractivity contribution >= 4 is 16.8 Å². The molecule has 1 N–H and O–H groups in total. The van der Waals surface area contributed by atoms with Crippen LogP contribution >= 0.6 is 0 Å². The van der Waals surface area contributed by atoms with Crippen molar-refractivity contribution in [1.29, 1.82) is 0 Å². The number of imidazole rings is 1. The summed E-state index contributed by atoms with van der Waals surface area (Å²) >= 11 is 0. The molecule has 21 heavy (non-hydrogen) atoms. The standard InChI is InChI=1S/C17H25N3O/c1-4-7-17-18-14-9-8-13(12-15(14)19-17)16(21)10-11-20(5-2)6-3/h8-9,12H,4-7,10-11H2,1-3H3,(H,18,19). The number of hydrogen-bond acceptors (Lipinski definition) is 3. The summed E-state index contributed by atoms with van der Waals surface area (Å²) < 4.78 is 0. The molecule has 2 rings (SSSR count). The van der Waals surface area contributed by atoms with E-state index in [1.54, 1.807) is 0 Å². The number of aromatic amines is 1. The molecule has 0 aliphatic rings. The van der Waals surface area contributed by atoms with Crippen LogP contribution in [-0.4, -0.2) is 40.3 Å². The van der Waals surface area contributed by atoms with Crippen LogP contribution in [0, 0.1) is 0 Å². The van der Waals surface area contributed by atoms with Gasteiger partial charge in [-0.25, -0.2) is 4.98 Å². The number of ketones is 1. The Morgan fingerprint density at radius 3 is 2.67 bits per heavy atom. The number of H-pyrrole nitrogens is 1. The molecule has 2 aromatic rings. The molecule has 0 atom stereocenters. The maximum Gasteiger partial charge on any atom is 0.164 e. The molecule has 0 amide bonds. The number of aromatic nitrogens is 2. The van der Waals surface area contributed by atoms with Gasteiger partial charge in [0, 0.05) is 24.9 Å². The van der Waals surface area contributed by atoms with Gasteiger partial charge in [0.1, 0.15) is 5.82 Å². The van der Waals surface area contributed by atoms with Crippen LogP contribution in [0.3, 0.4) is 0 Å². The molecule has 1 heterocycles. The minimum Gasteiger partial charge on any atom is -0.342 e. The van der Waals surface area contributed by atoms with Crippen LogP contribution in [-0.2, 0) is 6.42 Å². The topological polar surface area (TPSA) is 49.0 Å². The van der Waals surface area contributed by atoms with Crippen molar-refractivity contribution in [3.8, 4) is 0 Å². The lowest BCUT2D eigenvalue weighted by Gasteiger charge is -2.16. The quantitative estimate of drug-likeness (QED) is 0.757. The van der Waals surface area contributed by atoms with Crippen LogP contribution in [0.25, 0.3) is 11.0 Å². The minimum atomic E-state index is 0.204. The van der Waals surface area contributed by atoms with E-state index in [0.717, 1.165) is 54.9 Å². The Balaban J connectivity index is 2.08.